The molecule has 0 aromatic heterocycles. The molecule has 0 aliphatic carbocycles. The van der Waals surface area contributed by atoms with Crippen molar-refractivity contribution in [3.8, 4) is 0 Å². The van der Waals surface area contributed by atoms with E-state index in [1.165, 1.54) is 167 Å². The molecule has 0 aromatic rings. The van der Waals surface area contributed by atoms with Gasteiger partial charge in [0.2, 0.25) is 0 Å². The van der Waals surface area contributed by atoms with E-state index in [1.807, 2.05) is 21.1 Å². The van der Waals surface area contributed by atoms with Gasteiger partial charge in [0, 0.05) is 12.8 Å². The fourth-order valence-corrected chi connectivity index (χ4v) is 9.88. The summed E-state index contributed by atoms with van der Waals surface area (Å²) in [5.74, 6) is -0.805. The highest BCUT2D eigenvalue weighted by atomic mass is 31.2. The number of allylic oxidation sites excluding steroid dienone is 14. The summed E-state index contributed by atoms with van der Waals surface area (Å²) in [6, 6.07) is 0. The first-order valence-electron chi connectivity index (χ1n) is 32.8. The van der Waals surface area contributed by atoms with Crippen molar-refractivity contribution in [2.45, 2.75) is 296 Å². The van der Waals surface area contributed by atoms with E-state index in [4.69, 9.17) is 18.5 Å². The lowest BCUT2D eigenvalue weighted by molar-refractivity contribution is -0.870. The zero-order chi connectivity index (χ0) is 57.7. The van der Waals surface area contributed by atoms with E-state index < -0.39 is 26.5 Å². The summed E-state index contributed by atoms with van der Waals surface area (Å²) >= 11 is 0. The molecule has 9 nitrogen and oxygen atoms in total. The van der Waals surface area contributed by atoms with Crippen molar-refractivity contribution >= 4 is 19.8 Å². The fourth-order valence-electron chi connectivity index (χ4n) is 9.13. The number of esters is 2. The number of likely N-dealkylation sites (N-methyl/N-ethyl adjacent to an activating group) is 1. The van der Waals surface area contributed by atoms with Gasteiger partial charge in [0.1, 0.15) is 19.8 Å². The molecule has 0 saturated heterocycles. The van der Waals surface area contributed by atoms with Gasteiger partial charge in [-0.15, -0.1) is 0 Å². The molecular weight excluding hydrogens is 1000 g/mol. The second-order valence-corrected chi connectivity index (χ2v) is 24.6. The number of hydrogen-bond acceptors (Lipinski definition) is 7. The van der Waals surface area contributed by atoms with Crippen LogP contribution in [0.4, 0.5) is 0 Å². The number of nitrogens with zero attached hydrogens (tertiary/aromatic N) is 1. The third-order valence-corrected chi connectivity index (χ3v) is 15.1. The average Bonchev–Trinajstić information content (AvgIpc) is 3.41. The van der Waals surface area contributed by atoms with Crippen LogP contribution in [0.3, 0.4) is 0 Å². The molecule has 79 heavy (non-hydrogen) atoms. The van der Waals surface area contributed by atoms with Gasteiger partial charge in [-0.1, -0.05) is 272 Å². The summed E-state index contributed by atoms with van der Waals surface area (Å²) in [6.07, 6.45) is 81.2. The van der Waals surface area contributed by atoms with Gasteiger partial charge in [0.15, 0.2) is 6.10 Å². The van der Waals surface area contributed by atoms with Gasteiger partial charge in [-0.2, -0.15) is 0 Å². The molecule has 0 bridgehead atoms. The first kappa shape index (κ1) is 76.2. The monoisotopic (exact) mass is 1130 g/mol. The van der Waals surface area contributed by atoms with E-state index in [9.17, 15) is 19.0 Å². The van der Waals surface area contributed by atoms with E-state index in [2.05, 4.69) is 98.9 Å². The molecule has 0 saturated carbocycles. The van der Waals surface area contributed by atoms with Crippen LogP contribution >= 0.6 is 7.82 Å². The van der Waals surface area contributed by atoms with Gasteiger partial charge in [-0.25, -0.2) is 4.57 Å². The van der Waals surface area contributed by atoms with Crippen molar-refractivity contribution in [2.24, 2.45) is 0 Å². The first-order valence-corrected chi connectivity index (χ1v) is 34.3. The first-order chi connectivity index (χ1) is 38.5. The maximum absolute atomic E-state index is 12.8. The van der Waals surface area contributed by atoms with Crippen molar-refractivity contribution in [2.75, 3.05) is 47.5 Å². The van der Waals surface area contributed by atoms with E-state index in [1.54, 1.807) is 0 Å². The molecule has 0 rings (SSSR count). The normalized spacial score (nSPS) is 13.7. The molecule has 0 aliphatic rings. The molecule has 0 aliphatic heterocycles. The Labute approximate surface area is 488 Å². The Hall–Kier alpha value is -2.81. The van der Waals surface area contributed by atoms with Gasteiger partial charge in [-0.3, -0.25) is 18.6 Å². The molecule has 458 valence electrons. The van der Waals surface area contributed by atoms with Gasteiger partial charge in [-0.05, 0) is 89.9 Å². The Morgan fingerprint density at radius 1 is 0.405 bits per heavy atom. The molecule has 0 heterocycles. The largest absolute Gasteiger partial charge is 0.472 e. The minimum Gasteiger partial charge on any atom is -0.462 e. The lowest BCUT2D eigenvalue weighted by Crippen LogP contribution is -2.37. The summed E-state index contributed by atoms with van der Waals surface area (Å²) in [6.45, 7) is 4.31. The van der Waals surface area contributed by atoms with Crippen LogP contribution in [0.5, 0.6) is 0 Å². The minimum absolute atomic E-state index is 0.0287. The lowest BCUT2D eigenvalue weighted by Gasteiger charge is -2.24. The second-order valence-electron chi connectivity index (χ2n) is 23.1. The van der Waals surface area contributed by atoms with Crippen molar-refractivity contribution in [1.29, 1.82) is 0 Å². The number of ether oxygens (including phenoxy) is 2. The highest BCUT2D eigenvalue weighted by molar-refractivity contribution is 7.47. The van der Waals surface area contributed by atoms with Gasteiger partial charge in [0.25, 0.3) is 0 Å². The zero-order valence-corrected chi connectivity index (χ0v) is 53.0. The molecule has 0 spiro atoms. The predicted octanol–water partition coefficient (Wildman–Crippen LogP) is 21.0. The second kappa shape index (κ2) is 59.8. The highest BCUT2D eigenvalue weighted by Gasteiger charge is 2.27. The molecule has 2 atom stereocenters. The standard InChI is InChI=1S/C69H124NO8P/c1-6-8-10-12-14-16-18-20-22-24-25-26-27-28-29-30-31-32-33-34-35-36-37-38-39-40-41-42-43-44-45-46-48-50-52-54-56-58-60-62-69(72)78-67(66-77-79(73,74)76-64-63-70(3,4)5)65-75-68(71)61-59-57-55-53-51-49-47-23-21-19-17-15-13-11-9-7-2/h8,10,14,16-17,19-20,22-23,25-26,28-29,47,67H,6-7,9,11-13,15,18,21,24,27,30-46,48-66H2,1-5H3/p+1/b10-8-,16-14-,19-17-,22-20-,26-25-,29-28-,47-23-. The van der Waals surface area contributed by atoms with Gasteiger partial charge >= 0.3 is 19.8 Å². The summed E-state index contributed by atoms with van der Waals surface area (Å²) in [5.41, 5.74) is 0. The maximum Gasteiger partial charge on any atom is 0.472 e. The molecule has 0 fully saturated rings. The molecular formula is C69H125NO8P+. The van der Waals surface area contributed by atoms with E-state index in [0.29, 0.717) is 17.4 Å². The SMILES string of the molecule is CC/C=C\C/C=C\C/C=C\C/C=C\C/C=C\CCCCCCCCCCCCCCCCCCCCCCCCCC(=O)OC(COC(=O)CCCCCCC/C=C\C/C=C\CCCCCC)COP(=O)(O)OCC[N+](C)(C)C. The Balaban J connectivity index is 3.94. The molecule has 0 amide bonds. The van der Waals surface area contributed by atoms with E-state index in [0.717, 1.165) is 89.9 Å². The van der Waals surface area contributed by atoms with Crippen molar-refractivity contribution in [3.05, 3.63) is 85.1 Å². The number of quaternary nitrogens is 1. The topological polar surface area (TPSA) is 108 Å². The van der Waals surface area contributed by atoms with Crippen LogP contribution in [0.15, 0.2) is 85.1 Å². The van der Waals surface area contributed by atoms with Crippen LogP contribution < -0.4 is 0 Å². The van der Waals surface area contributed by atoms with Gasteiger partial charge in [0.05, 0.1) is 27.7 Å². The number of phosphoric ester groups is 1. The number of hydrogen-bond donors (Lipinski definition) is 1. The average molecular weight is 1130 g/mol. The number of carbonyl (C=O) groups is 2. The summed E-state index contributed by atoms with van der Waals surface area (Å²) in [5, 5.41) is 0. The Morgan fingerprint density at radius 3 is 1.08 bits per heavy atom. The van der Waals surface area contributed by atoms with Crippen molar-refractivity contribution in [3.63, 3.8) is 0 Å². The van der Waals surface area contributed by atoms with Crippen molar-refractivity contribution < 1.29 is 42.1 Å². The Kier molecular flexibility index (Phi) is 57.7. The maximum atomic E-state index is 12.8. The number of carbonyl (C=O) groups excluding carboxylic acids is 2. The number of phosphoric acid groups is 1. The molecule has 0 radical (unpaired) electrons. The predicted molar refractivity (Wildman–Crippen MR) is 339 cm³/mol. The zero-order valence-electron chi connectivity index (χ0n) is 52.1. The Morgan fingerprint density at radius 2 is 0.722 bits per heavy atom. The fraction of sp³-hybridized carbons (Fsp3) is 0.768. The third kappa shape index (κ3) is 64.2. The minimum atomic E-state index is -4.39. The smallest absolute Gasteiger partial charge is 0.462 e. The quantitative estimate of drug-likeness (QED) is 0.0211. The third-order valence-electron chi connectivity index (χ3n) is 14.2. The summed E-state index contributed by atoms with van der Waals surface area (Å²) in [7, 11) is 1.47. The molecule has 1 N–H and O–H groups in total. The molecule has 0 aromatic carbocycles. The van der Waals surface area contributed by atoms with Crippen molar-refractivity contribution in [1.82, 2.24) is 0 Å². The van der Waals surface area contributed by atoms with Crippen LogP contribution in [0, 0.1) is 0 Å². The summed E-state index contributed by atoms with van der Waals surface area (Å²) in [4.78, 5) is 35.7. The van der Waals surface area contributed by atoms with E-state index in [-0.39, 0.29) is 32.0 Å². The van der Waals surface area contributed by atoms with Gasteiger partial charge < -0.3 is 18.9 Å². The molecule has 2 unspecified atom stereocenters. The van der Waals surface area contributed by atoms with Crippen LogP contribution in [0.25, 0.3) is 0 Å². The van der Waals surface area contributed by atoms with E-state index >= 15 is 0 Å². The lowest BCUT2D eigenvalue weighted by atomic mass is 10.0. The number of unbranched alkanes of at least 4 members (excludes halogenated alkanes) is 32. The van der Waals surface area contributed by atoms with Crippen LogP contribution in [0.2, 0.25) is 0 Å². The highest BCUT2D eigenvalue weighted by Crippen LogP contribution is 2.43. The molecule has 10 heteroatoms. The van der Waals surface area contributed by atoms with Crippen LogP contribution in [-0.4, -0.2) is 74.9 Å². The van der Waals surface area contributed by atoms with Crippen LogP contribution in [-0.2, 0) is 32.7 Å². The van der Waals surface area contributed by atoms with Crippen LogP contribution in [0.1, 0.15) is 290 Å². The number of rotatable bonds is 60. The summed E-state index contributed by atoms with van der Waals surface area (Å²) < 4.78 is 34.6. The Bertz CT molecular complexity index is 1610.